The number of aliphatic hydroxyl groups is 2. The van der Waals surface area contributed by atoms with Gasteiger partial charge < -0.3 is 31.3 Å². The minimum Gasteiger partial charge on any atom is -0.394 e. The quantitative estimate of drug-likeness (QED) is 0.463. The molecule has 0 saturated carbocycles. The summed E-state index contributed by atoms with van der Waals surface area (Å²) in [4.78, 5) is 7.93. The number of anilines is 3. The standard InChI is InChI=1S/C10H17N5O3/c1-12-8-9(11)13-4-14-10(8)15-7-2-5(17)6(3-16)18-7/h4-7,12,16-17H,2-3H2,1H3,(H3,11,13,14,15)/t5-,6-,7-/m1/s1. The number of nitrogens with two attached hydrogens (primary N) is 1. The molecule has 6 N–H and O–H groups in total. The molecule has 2 rings (SSSR count). The zero-order valence-corrected chi connectivity index (χ0v) is 10.00. The Morgan fingerprint density at radius 2 is 2.33 bits per heavy atom. The van der Waals surface area contributed by atoms with E-state index in [4.69, 9.17) is 15.6 Å². The van der Waals surface area contributed by atoms with Crippen LogP contribution < -0.4 is 16.4 Å². The molecule has 0 aromatic carbocycles. The highest BCUT2D eigenvalue weighted by atomic mass is 16.5. The second kappa shape index (κ2) is 5.34. The molecule has 0 spiro atoms. The van der Waals surface area contributed by atoms with Crippen molar-refractivity contribution in [1.29, 1.82) is 0 Å². The van der Waals surface area contributed by atoms with E-state index in [9.17, 15) is 5.11 Å². The minimum atomic E-state index is -0.690. The van der Waals surface area contributed by atoms with Crippen molar-refractivity contribution in [3.05, 3.63) is 6.33 Å². The lowest BCUT2D eigenvalue weighted by molar-refractivity contribution is -0.0149. The summed E-state index contributed by atoms with van der Waals surface area (Å²) in [7, 11) is 1.71. The van der Waals surface area contributed by atoms with E-state index >= 15 is 0 Å². The summed E-state index contributed by atoms with van der Waals surface area (Å²) in [5, 5.41) is 24.5. The Hall–Kier alpha value is -1.64. The van der Waals surface area contributed by atoms with Gasteiger partial charge in [-0.2, -0.15) is 0 Å². The van der Waals surface area contributed by atoms with Crippen molar-refractivity contribution in [2.24, 2.45) is 0 Å². The normalized spacial score (nSPS) is 27.2. The topological polar surface area (TPSA) is 126 Å². The SMILES string of the molecule is CNc1c(N)ncnc1N[C@H]1C[C@@H](O)[C@@H](CO)O1. The number of hydrogen-bond donors (Lipinski definition) is 5. The van der Waals surface area contributed by atoms with Crippen molar-refractivity contribution in [3.8, 4) is 0 Å². The number of ether oxygens (including phenoxy) is 1. The molecule has 0 amide bonds. The summed E-state index contributed by atoms with van der Waals surface area (Å²) in [5.41, 5.74) is 6.28. The number of nitrogen functional groups attached to an aromatic ring is 1. The lowest BCUT2D eigenvalue weighted by Crippen LogP contribution is -2.25. The van der Waals surface area contributed by atoms with E-state index in [2.05, 4.69) is 20.6 Å². The van der Waals surface area contributed by atoms with Gasteiger partial charge in [-0.1, -0.05) is 0 Å². The van der Waals surface area contributed by atoms with Crippen LogP contribution in [-0.2, 0) is 4.74 Å². The van der Waals surface area contributed by atoms with E-state index in [-0.39, 0.29) is 6.61 Å². The monoisotopic (exact) mass is 255 g/mol. The average Bonchev–Trinajstić information content (AvgIpc) is 2.70. The van der Waals surface area contributed by atoms with Crippen LogP contribution in [0, 0.1) is 0 Å². The number of nitrogens with one attached hydrogen (secondary N) is 2. The molecule has 1 aliphatic heterocycles. The van der Waals surface area contributed by atoms with Crippen LogP contribution in [0.3, 0.4) is 0 Å². The van der Waals surface area contributed by atoms with Gasteiger partial charge in [0.25, 0.3) is 0 Å². The van der Waals surface area contributed by atoms with E-state index in [0.29, 0.717) is 23.7 Å². The highest BCUT2D eigenvalue weighted by Crippen LogP contribution is 2.27. The van der Waals surface area contributed by atoms with Crippen molar-refractivity contribution in [3.63, 3.8) is 0 Å². The molecule has 0 radical (unpaired) electrons. The zero-order valence-electron chi connectivity index (χ0n) is 10.00. The molecule has 1 aromatic rings. The van der Waals surface area contributed by atoms with Crippen LogP contribution in [0.15, 0.2) is 6.33 Å². The molecule has 0 bridgehead atoms. The van der Waals surface area contributed by atoms with E-state index in [1.54, 1.807) is 7.05 Å². The maximum absolute atomic E-state index is 9.62. The van der Waals surface area contributed by atoms with Gasteiger partial charge >= 0.3 is 0 Å². The molecule has 0 unspecified atom stereocenters. The smallest absolute Gasteiger partial charge is 0.157 e. The van der Waals surface area contributed by atoms with Gasteiger partial charge in [0.05, 0.1) is 12.7 Å². The van der Waals surface area contributed by atoms with Gasteiger partial charge in [0.1, 0.15) is 24.3 Å². The summed E-state index contributed by atoms with van der Waals surface area (Å²) < 4.78 is 5.43. The molecule has 1 saturated heterocycles. The predicted molar refractivity (Wildman–Crippen MR) is 66.0 cm³/mol. The number of nitrogens with zero attached hydrogens (tertiary/aromatic N) is 2. The number of rotatable bonds is 4. The summed E-state index contributed by atoms with van der Waals surface area (Å²) in [5.74, 6) is 0.827. The first-order chi connectivity index (χ1) is 8.65. The Morgan fingerprint density at radius 3 is 2.94 bits per heavy atom. The molecule has 18 heavy (non-hydrogen) atoms. The van der Waals surface area contributed by atoms with E-state index < -0.39 is 18.4 Å². The highest BCUT2D eigenvalue weighted by molar-refractivity contribution is 5.74. The zero-order chi connectivity index (χ0) is 13.1. The van der Waals surface area contributed by atoms with Gasteiger partial charge in [0, 0.05) is 13.5 Å². The predicted octanol–water partition coefficient (Wildman–Crippen LogP) is -1.02. The first kappa shape index (κ1) is 12.8. The lowest BCUT2D eigenvalue weighted by Gasteiger charge is -2.17. The molecule has 1 fully saturated rings. The van der Waals surface area contributed by atoms with Crippen LogP contribution in [-0.4, -0.2) is 52.3 Å². The number of hydrogen-bond acceptors (Lipinski definition) is 8. The van der Waals surface area contributed by atoms with Gasteiger partial charge in [0.2, 0.25) is 0 Å². The Labute approximate surface area is 104 Å². The summed E-state index contributed by atoms with van der Waals surface area (Å²) in [6.45, 7) is -0.218. The van der Waals surface area contributed by atoms with Crippen molar-refractivity contribution >= 4 is 17.3 Å². The fraction of sp³-hybridized carbons (Fsp3) is 0.600. The van der Waals surface area contributed by atoms with Gasteiger partial charge in [-0.15, -0.1) is 0 Å². The van der Waals surface area contributed by atoms with Crippen LogP contribution >= 0.6 is 0 Å². The summed E-state index contributed by atoms with van der Waals surface area (Å²) >= 11 is 0. The van der Waals surface area contributed by atoms with E-state index in [0.717, 1.165) is 0 Å². The lowest BCUT2D eigenvalue weighted by atomic mass is 10.2. The number of aliphatic hydroxyl groups excluding tert-OH is 2. The van der Waals surface area contributed by atoms with Crippen molar-refractivity contribution < 1.29 is 14.9 Å². The molecule has 8 heteroatoms. The Kier molecular flexibility index (Phi) is 3.80. The van der Waals surface area contributed by atoms with Crippen molar-refractivity contribution in [1.82, 2.24) is 9.97 Å². The van der Waals surface area contributed by atoms with Crippen molar-refractivity contribution in [2.45, 2.75) is 24.9 Å². The molecule has 100 valence electrons. The van der Waals surface area contributed by atoms with Crippen LogP contribution in [0.25, 0.3) is 0 Å². The Balaban J connectivity index is 2.09. The van der Waals surface area contributed by atoms with Crippen LogP contribution in [0.2, 0.25) is 0 Å². The maximum atomic E-state index is 9.62. The maximum Gasteiger partial charge on any atom is 0.157 e. The fourth-order valence-electron chi connectivity index (χ4n) is 1.89. The Bertz CT molecular complexity index is 416. The van der Waals surface area contributed by atoms with E-state index in [1.807, 2.05) is 0 Å². The second-order valence-electron chi connectivity index (χ2n) is 4.03. The van der Waals surface area contributed by atoms with Gasteiger partial charge in [-0.05, 0) is 0 Å². The highest BCUT2D eigenvalue weighted by Gasteiger charge is 2.33. The molecule has 8 nitrogen and oxygen atoms in total. The largest absolute Gasteiger partial charge is 0.394 e. The number of aromatic nitrogens is 2. The van der Waals surface area contributed by atoms with Crippen LogP contribution in [0.4, 0.5) is 17.3 Å². The van der Waals surface area contributed by atoms with Crippen LogP contribution in [0.1, 0.15) is 6.42 Å². The first-order valence-corrected chi connectivity index (χ1v) is 5.64. The molecule has 1 aliphatic rings. The van der Waals surface area contributed by atoms with E-state index in [1.165, 1.54) is 6.33 Å². The minimum absolute atomic E-state index is 0.218. The third-order valence-corrected chi connectivity index (χ3v) is 2.83. The van der Waals surface area contributed by atoms with Gasteiger partial charge in [-0.25, -0.2) is 9.97 Å². The second-order valence-corrected chi connectivity index (χ2v) is 4.03. The molecular formula is C10H17N5O3. The van der Waals surface area contributed by atoms with Crippen LogP contribution in [0.5, 0.6) is 0 Å². The Morgan fingerprint density at radius 1 is 1.56 bits per heavy atom. The first-order valence-electron chi connectivity index (χ1n) is 5.64. The average molecular weight is 255 g/mol. The third-order valence-electron chi connectivity index (χ3n) is 2.83. The van der Waals surface area contributed by atoms with Gasteiger partial charge in [0.15, 0.2) is 11.6 Å². The fourth-order valence-corrected chi connectivity index (χ4v) is 1.89. The molecule has 3 atom stereocenters. The van der Waals surface area contributed by atoms with Crippen molar-refractivity contribution in [2.75, 3.05) is 30.0 Å². The molecular weight excluding hydrogens is 238 g/mol. The molecule has 2 heterocycles. The molecule has 0 aliphatic carbocycles. The summed E-state index contributed by atoms with van der Waals surface area (Å²) in [6, 6.07) is 0. The summed E-state index contributed by atoms with van der Waals surface area (Å²) in [6.07, 6.45) is 0.0362. The third kappa shape index (κ3) is 2.45. The van der Waals surface area contributed by atoms with Gasteiger partial charge in [-0.3, -0.25) is 0 Å². The molecule has 1 aromatic heterocycles.